The molecule has 0 aliphatic carbocycles. The van der Waals surface area contributed by atoms with Gasteiger partial charge in [-0.3, -0.25) is 4.79 Å². The standard InChI is InChI=1S/C23H16Cl2N4O4S/c1-2-32-23(31)33-18-9-26-20-19(18)13-7-11(3-6-16(13)28-21(20)30)17-10-34-22(29-17)27-12-4-5-14(24)15(25)8-12/h3-10,26H,2H2,1H3,(H,27,29)(H,28,30). The molecule has 34 heavy (non-hydrogen) atoms. The number of carbonyl (C=O) groups excluding carboxylic acids is 1. The highest BCUT2D eigenvalue weighted by Gasteiger charge is 2.17. The van der Waals surface area contributed by atoms with Crippen LogP contribution in [0.25, 0.3) is 33.1 Å². The molecule has 0 radical (unpaired) electrons. The normalized spacial score (nSPS) is 11.1. The largest absolute Gasteiger partial charge is 0.513 e. The maximum atomic E-state index is 12.5. The number of fused-ring (bicyclic) bond motifs is 3. The van der Waals surface area contributed by atoms with Gasteiger partial charge >= 0.3 is 6.16 Å². The zero-order chi connectivity index (χ0) is 23.8. The molecule has 0 spiro atoms. The molecule has 0 unspecified atom stereocenters. The molecule has 8 nitrogen and oxygen atoms in total. The first-order chi connectivity index (χ1) is 16.4. The summed E-state index contributed by atoms with van der Waals surface area (Å²) >= 11 is 13.5. The van der Waals surface area contributed by atoms with Crippen LogP contribution in [0, 0.1) is 0 Å². The fourth-order valence-corrected chi connectivity index (χ4v) is 4.57. The zero-order valence-electron chi connectivity index (χ0n) is 17.6. The van der Waals surface area contributed by atoms with E-state index in [0.717, 1.165) is 16.9 Å². The first-order valence-electron chi connectivity index (χ1n) is 10.1. The zero-order valence-corrected chi connectivity index (χ0v) is 19.9. The Balaban J connectivity index is 1.53. The number of carbonyl (C=O) groups is 1. The molecule has 0 saturated carbocycles. The maximum absolute atomic E-state index is 12.5. The van der Waals surface area contributed by atoms with Gasteiger partial charge in [0.15, 0.2) is 10.9 Å². The minimum Gasteiger partial charge on any atom is -0.434 e. The van der Waals surface area contributed by atoms with Crippen LogP contribution in [0.2, 0.25) is 10.0 Å². The highest BCUT2D eigenvalue weighted by atomic mass is 35.5. The van der Waals surface area contributed by atoms with Crippen molar-refractivity contribution in [2.24, 2.45) is 0 Å². The number of rotatable bonds is 5. The molecule has 0 aliphatic heterocycles. The predicted octanol–water partition coefficient (Wildman–Crippen LogP) is 6.72. The van der Waals surface area contributed by atoms with E-state index in [2.05, 4.69) is 20.3 Å². The summed E-state index contributed by atoms with van der Waals surface area (Å²) in [5.74, 6) is 0.210. The van der Waals surface area contributed by atoms with Crippen molar-refractivity contribution in [3.05, 3.63) is 68.4 Å². The molecule has 5 aromatic rings. The van der Waals surface area contributed by atoms with E-state index < -0.39 is 6.16 Å². The van der Waals surface area contributed by atoms with Crippen LogP contribution in [-0.2, 0) is 4.74 Å². The molecule has 172 valence electrons. The summed E-state index contributed by atoms with van der Waals surface area (Å²) < 4.78 is 10.2. The van der Waals surface area contributed by atoms with Crippen molar-refractivity contribution in [2.45, 2.75) is 6.92 Å². The number of hydrogen-bond donors (Lipinski definition) is 3. The number of halogens is 2. The van der Waals surface area contributed by atoms with Crippen molar-refractivity contribution >= 4 is 73.3 Å². The highest BCUT2D eigenvalue weighted by Crippen LogP contribution is 2.35. The van der Waals surface area contributed by atoms with Gasteiger partial charge in [-0.2, -0.15) is 0 Å². The minimum atomic E-state index is -0.842. The highest BCUT2D eigenvalue weighted by molar-refractivity contribution is 7.14. The Labute approximate surface area is 206 Å². The molecular formula is C23H16Cl2N4O4S. The van der Waals surface area contributed by atoms with Crippen LogP contribution in [0.4, 0.5) is 15.6 Å². The molecule has 0 amide bonds. The molecule has 0 bridgehead atoms. The predicted molar refractivity (Wildman–Crippen MR) is 135 cm³/mol. The monoisotopic (exact) mass is 514 g/mol. The van der Waals surface area contributed by atoms with Gasteiger partial charge in [-0.25, -0.2) is 9.78 Å². The van der Waals surface area contributed by atoms with E-state index in [1.807, 2.05) is 23.6 Å². The average Bonchev–Trinajstić information content (AvgIpc) is 3.44. The number of nitrogens with one attached hydrogen (secondary N) is 3. The Morgan fingerprint density at radius 3 is 2.82 bits per heavy atom. The van der Waals surface area contributed by atoms with Gasteiger partial charge in [-0.15, -0.1) is 11.3 Å². The number of aromatic nitrogens is 3. The molecule has 0 atom stereocenters. The summed E-state index contributed by atoms with van der Waals surface area (Å²) in [6, 6.07) is 10.8. The van der Waals surface area contributed by atoms with Gasteiger partial charge in [0.25, 0.3) is 5.56 Å². The third kappa shape index (κ3) is 4.21. The van der Waals surface area contributed by atoms with Gasteiger partial charge in [0.2, 0.25) is 0 Å². The number of aromatic amines is 2. The molecule has 2 aromatic carbocycles. The van der Waals surface area contributed by atoms with E-state index >= 15 is 0 Å². The summed E-state index contributed by atoms with van der Waals surface area (Å²) in [7, 11) is 0. The minimum absolute atomic E-state index is 0.176. The third-order valence-electron chi connectivity index (χ3n) is 5.03. The van der Waals surface area contributed by atoms with E-state index in [4.69, 9.17) is 32.7 Å². The SMILES string of the molecule is CCOC(=O)Oc1c[nH]c2c(=O)[nH]c3ccc(-c4csc(Nc5ccc(Cl)c(Cl)c5)n4)cc3c12. The van der Waals surface area contributed by atoms with Gasteiger partial charge in [-0.1, -0.05) is 29.3 Å². The first kappa shape index (κ1) is 22.3. The van der Waals surface area contributed by atoms with Crippen molar-refractivity contribution in [2.75, 3.05) is 11.9 Å². The van der Waals surface area contributed by atoms with E-state index in [1.54, 1.807) is 25.1 Å². The quantitative estimate of drug-likeness (QED) is 0.224. The van der Waals surface area contributed by atoms with Crippen LogP contribution in [0.15, 0.2) is 52.8 Å². The van der Waals surface area contributed by atoms with Crippen LogP contribution in [0.3, 0.4) is 0 Å². The Morgan fingerprint density at radius 1 is 1.18 bits per heavy atom. The summed E-state index contributed by atoms with van der Waals surface area (Å²) in [5.41, 5.74) is 2.89. The van der Waals surface area contributed by atoms with E-state index in [0.29, 0.717) is 37.0 Å². The number of anilines is 2. The van der Waals surface area contributed by atoms with Crippen LogP contribution in [-0.4, -0.2) is 27.7 Å². The third-order valence-corrected chi connectivity index (χ3v) is 6.53. The summed E-state index contributed by atoms with van der Waals surface area (Å²) in [5, 5.41) is 7.90. The molecule has 5 rings (SSSR count). The Bertz CT molecular complexity index is 1610. The smallest absolute Gasteiger partial charge is 0.434 e. The molecule has 0 fully saturated rings. The van der Waals surface area contributed by atoms with Crippen LogP contribution >= 0.6 is 34.5 Å². The van der Waals surface area contributed by atoms with Crippen molar-refractivity contribution in [3.8, 4) is 17.0 Å². The first-order valence-corrected chi connectivity index (χ1v) is 11.8. The number of hydrogen-bond acceptors (Lipinski definition) is 7. The lowest BCUT2D eigenvalue weighted by atomic mass is 10.1. The summed E-state index contributed by atoms with van der Waals surface area (Å²) in [6.07, 6.45) is 0.621. The molecule has 3 heterocycles. The van der Waals surface area contributed by atoms with Crippen molar-refractivity contribution in [3.63, 3.8) is 0 Å². The number of H-pyrrole nitrogens is 2. The second-order valence-corrected chi connectivity index (χ2v) is 8.87. The Hall–Kier alpha value is -3.53. The molecular weight excluding hydrogens is 499 g/mol. The van der Waals surface area contributed by atoms with Crippen LogP contribution in [0.5, 0.6) is 5.75 Å². The van der Waals surface area contributed by atoms with Crippen LogP contribution < -0.4 is 15.6 Å². The number of thiazole rings is 1. The molecule has 0 aliphatic rings. The fraction of sp³-hybridized carbons (Fsp3) is 0.0870. The van der Waals surface area contributed by atoms with Gasteiger partial charge in [0, 0.05) is 33.7 Å². The number of pyridine rings is 1. The van der Waals surface area contributed by atoms with E-state index in [9.17, 15) is 9.59 Å². The van der Waals surface area contributed by atoms with Gasteiger partial charge in [-0.05, 0) is 37.3 Å². The van der Waals surface area contributed by atoms with E-state index in [1.165, 1.54) is 17.5 Å². The number of benzene rings is 2. The lowest BCUT2D eigenvalue weighted by Gasteiger charge is -2.06. The van der Waals surface area contributed by atoms with Crippen LogP contribution in [0.1, 0.15) is 6.92 Å². The molecule has 11 heteroatoms. The molecule has 3 N–H and O–H groups in total. The van der Waals surface area contributed by atoms with Crippen molar-refractivity contribution in [1.82, 2.24) is 15.0 Å². The second-order valence-electron chi connectivity index (χ2n) is 7.19. The number of nitrogens with zero attached hydrogens (tertiary/aromatic N) is 1. The van der Waals surface area contributed by atoms with Crippen molar-refractivity contribution < 1.29 is 14.3 Å². The topological polar surface area (TPSA) is 109 Å². The van der Waals surface area contributed by atoms with E-state index in [-0.39, 0.29) is 17.9 Å². The lowest BCUT2D eigenvalue weighted by Crippen LogP contribution is -2.10. The lowest BCUT2D eigenvalue weighted by molar-refractivity contribution is 0.105. The van der Waals surface area contributed by atoms with Gasteiger partial charge < -0.3 is 24.8 Å². The summed E-state index contributed by atoms with van der Waals surface area (Å²) in [4.78, 5) is 34.8. The number of ether oxygens (including phenoxy) is 2. The second kappa shape index (κ2) is 9.02. The maximum Gasteiger partial charge on any atom is 0.513 e. The molecule has 3 aromatic heterocycles. The average molecular weight is 515 g/mol. The summed E-state index contributed by atoms with van der Waals surface area (Å²) in [6.45, 7) is 1.86. The Kier molecular flexibility index (Phi) is 5.91. The molecule has 0 saturated heterocycles. The fourth-order valence-electron chi connectivity index (χ4n) is 3.53. The Morgan fingerprint density at radius 2 is 2.03 bits per heavy atom. The van der Waals surface area contributed by atoms with Gasteiger partial charge in [0.1, 0.15) is 5.52 Å². The van der Waals surface area contributed by atoms with Crippen molar-refractivity contribution in [1.29, 1.82) is 0 Å². The van der Waals surface area contributed by atoms with Gasteiger partial charge in [0.05, 0.1) is 27.7 Å².